The Morgan fingerprint density at radius 3 is 3.00 bits per heavy atom. The van der Waals surface area contributed by atoms with E-state index in [0.29, 0.717) is 5.25 Å². The highest BCUT2D eigenvalue weighted by atomic mass is 32.2. The van der Waals surface area contributed by atoms with Gasteiger partial charge in [0.25, 0.3) is 0 Å². The second-order valence-electron chi connectivity index (χ2n) is 4.69. The normalized spacial score (nSPS) is 16.5. The lowest BCUT2D eigenvalue weighted by Gasteiger charge is -2.23. The molecule has 0 saturated carbocycles. The van der Waals surface area contributed by atoms with Crippen LogP contribution in [0, 0.1) is 0 Å². The van der Waals surface area contributed by atoms with Crippen LogP contribution < -0.4 is 4.74 Å². The van der Waals surface area contributed by atoms with E-state index in [1.807, 2.05) is 12.1 Å². The van der Waals surface area contributed by atoms with Gasteiger partial charge in [0, 0.05) is 11.3 Å². The van der Waals surface area contributed by atoms with E-state index in [1.54, 1.807) is 11.8 Å². The van der Waals surface area contributed by atoms with Crippen molar-refractivity contribution in [2.45, 2.75) is 38.0 Å². The standard InChI is InChI=1S/C14H20O2S/c1-10(2)17-9-13(15)12-7-3-5-11-6-4-8-16-14(11)12/h3,5,7,10,13,15H,4,6,8-9H2,1-2H3. The van der Waals surface area contributed by atoms with Crippen molar-refractivity contribution in [1.29, 1.82) is 0 Å². The second-order valence-corrected chi connectivity index (χ2v) is 6.29. The second kappa shape index (κ2) is 5.78. The highest BCUT2D eigenvalue weighted by molar-refractivity contribution is 7.99. The van der Waals surface area contributed by atoms with E-state index < -0.39 is 6.10 Å². The minimum Gasteiger partial charge on any atom is -0.493 e. The number of aryl methyl sites for hydroxylation is 1. The van der Waals surface area contributed by atoms with Crippen LogP contribution in [-0.2, 0) is 6.42 Å². The van der Waals surface area contributed by atoms with Gasteiger partial charge in [0.1, 0.15) is 5.75 Å². The van der Waals surface area contributed by atoms with Gasteiger partial charge in [-0.05, 0) is 23.7 Å². The monoisotopic (exact) mass is 252 g/mol. The van der Waals surface area contributed by atoms with E-state index in [2.05, 4.69) is 19.9 Å². The van der Waals surface area contributed by atoms with Crippen LogP contribution in [0.1, 0.15) is 37.5 Å². The molecule has 1 aromatic rings. The Hall–Kier alpha value is -0.670. The van der Waals surface area contributed by atoms with Gasteiger partial charge >= 0.3 is 0 Å². The van der Waals surface area contributed by atoms with Gasteiger partial charge in [-0.3, -0.25) is 0 Å². The number of benzene rings is 1. The minimum absolute atomic E-state index is 0.421. The molecule has 1 aromatic carbocycles. The summed E-state index contributed by atoms with van der Waals surface area (Å²) >= 11 is 1.78. The molecule has 2 rings (SSSR count). The Morgan fingerprint density at radius 1 is 1.41 bits per heavy atom. The number of para-hydroxylation sites is 1. The largest absolute Gasteiger partial charge is 0.493 e. The van der Waals surface area contributed by atoms with Crippen LogP contribution in [0.2, 0.25) is 0 Å². The Labute approximate surface area is 107 Å². The number of aliphatic hydroxyl groups is 1. The van der Waals surface area contributed by atoms with Crippen molar-refractivity contribution in [1.82, 2.24) is 0 Å². The quantitative estimate of drug-likeness (QED) is 0.892. The van der Waals surface area contributed by atoms with Gasteiger partial charge in [0.2, 0.25) is 0 Å². The summed E-state index contributed by atoms with van der Waals surface area (Å²) in [6, 6.07) is 6.10. The lowest BCUT2D eigenvalue weighted by atomic mass is 10.00. The molecule has 1 heterocycles. The van der Waals surface area contributed by atoms with Crippen LogP contribution >= 0.6 is 11.8 Å². The lowest BCUT2D eigenvalue weighted by molar-refractivity contribution is 0.192. The fraction of sp³-hybridized carbons (Fsp3) is 0.571. The molecule has 0 fully saturated rings. The molecule has 0 saturated heterocycles. The zero-order valence-electron chi connectivity index (χ0n) is 10.5. The third kappa shape index (κ3) is 3.17. The van der Waals surface area contributed by atoms with Crippen molar-refractivity contribution in [3.05, 3.63) is 29.3 Å². The van der Waals surface area contributed by atoms with Gasteiger partial charge in [-0.1, -0.05) is 32.0 Å². The van der Waals surface area contributed by atoms with Crippen LogP contribution in [0.15, 0.2) is 18.2 Å². The molecule has 2 nitrogen and oxygen atoms in total. The van der Waals surface area contributed by atoms with Crippen LogP contribution in [0.4, 0.5) is 0 Å². The predicted octanol–water partition coefficient (Wildman–Crippen LogP) is 3.19. The van der Waals surface area contributed by atoms with Crippen molar-refractivity contribution < 1.29 is 9.84 Å². The number of fused-ring (bicyclic) bond motifs is 1. The molecule has 0 spiro atoms. The van der Waals surface area contributed by atoms with Crippen molar-refractivity contribution in [2.75, 3.05) is 12.4 Å². The summed E-state index contributed by atoms with van der Waals surface area (Å²) in [7, 11) is 0. The average Bonchev–Trinajstić information content (AvgIpc) is 2.35. The van der Waals surface area contributed by atoms with Gasteiger partial charge in [0.05, 0.1) is 12.7 Å². The zero-order valence-corrected chi connectivity index (χ0v) is 11.3. The lowest BCUT2D eigenvalue weighted by Crippen LogP contribution is -2.13. The number of thioether (sulfide) groups is 1. The summed E-state index contributed by atoms with van der Waals surface area (Å²) in [4.78, 5) is 0. The third-order valence-corrected chi connectivity index (χ3v) is 4.09. The number of rotatable bonds is 4. The van der Waals surface area contributed by atoms with Crippen molar-refractivity contribution in [2.24, 2.45) is 0 Å². The van der Waals surface area contributed by atoms with E-state index in [-0.39, 0.29) is 0 Å². The van der Waals surface area contributed by atoms with Crippen molar-refractivity contribution >= 4 is 11.8 Å². The molecular weight excluding hydrogens is 232 g/mol. The first-order valence-electron chi connectivity index (χ1n) is 6.22. The summed E-state index contributed by atoms with van der Waals surface area (Å²) < 4.78 is 5.71. The summed E-state index contributed by atoms with van der Waals surface area (Å²) in [6.45, 7) is 5.07. The van der Waals surface area contributed by atoms with Crippen LogP contribution in [0.3, 0.4) is 0 Å². The molecule has 0 radical (unpaired) electrons. The zero-order chi connectivity index (χ0) is 12.3. The van der Waals surface area contributed by atoms with E-state index in [0.717, 1.165) is 36.5 Å². The molecule has 17 heavy (non-hydrogen) atoms. The van der Waals surface area contributed by atoms with E-state index in [9.17, 15) is 5.11 Å². The number of hydrogen-bond acceptors (Lipinski definition) is 3. The first-order chi connectivity index (χ1) is 8.18. The predicted molar refractivity (Wildman–Crippen MR) is 72.8 cm³/mol. The van der Waals surface area contributed by atoms with E-state index >= 15 is 0 Å². The minimum atomic E-state index is -0.421. The number of aliphatic hydroxyl groups excluding tert-OH is 1. The van der Waals surface area contributed by atoms with Gasteiger partial charge in [-0.15, -0.1) is 0 Å². The summed E-state index contributed by atoms with van der Waals surface area (Å²) in [5, 5.41) is 10.8. The molecular formula is C14H20O2S. The maximum Gasteiger partial charge on any atom is 0.128 e. The highest BCUT2D eigenvalue weighted by Gasteiger charge is 2.19. The van der Waals surface area contributed by atoms with Crippen molar-refractivity contribution in [3.63, 3.8) is 0 Å². The summed E-state index contributed by atoms with van der Waals surface area (Å²) in [6.07, 6.45) is 1.72. The molecule has 1 atom stereocenters. The first kappa shape index (κ1) is 12.8. The Bertz CT molecular complexity index is 376. The average molecular weight is 252 g/mol. The maximum atomic E-state index is 10.2. The molecule has 0 aliphatic carbocycles. The summed E-state index contributed by atoms with van der Waals surface area (Å²) in [5.74, 6) is 1.66. The van der Waals surface area contributed by atoms with E-state index in [4.69, 9.17) is 4.74 Å². The SMILES string of the molecule is CC(C)SCC(O)c1cccc2c1OCCC2. The highest BCUT2D eigenvalue weighted by Crippen LogP contribution is 2.34. The maximum absolute atomic E-state index is 10.2. The Kier molecular flexibility index (Phi) is 4.35. The van der Waals surface area contributed by atoms with Crippen molar-refractivity contribution in [3.8, 4) is 5.75 Å². The third-order valence-electron chi connectivity index (χ3n) is 2.91. The molecule has 0 bridgehead atoms. The molecule has 3 heteroatoms. The van der Waals surface area contributed by atoms with Gasteiger partial charge in [-0.2, -0.15) is 11.8 Å². The summed E-state index contributed by atoms with van der Waals surface area (Å²) in [5.41, 5.74) is 2.19. The fourth-order valence-corrected chi connectivity index (χ4v) is 2.80. The van der Waals surface area contributed by atoms with Gasteiger partial charge in [0.15, 0.2) is 0 Å². The van der Waals surface area contributed by atoms with E-state index in [1.165, 1.54) is 5.56 Å². The topological polar surface area (TPSA) is 29.5 Å². The molecule has 1 N–H and O–H groups in total. The van der Waals surface area contributed by atoms with Gasteiger partial charge < -0.3 is 9.84 Å². The van der Waals surface area contributed by atoms with Crippen LogP contribution in [0.5, 0.6) is 5.75 Å². The molecule has 1 aliphatic rings. The number of ether oxygens (including phenoxy) is 1. The molecule has 0 aromatic heterocycles. The molecule has 1 aliphatic heterocycles. The Balaban J connectivity index is 2.14. The first-order valence-corrected chi connectivity index (χ1v) is 7.27. The van der Waals surface area contributed by atoms with Gasteiger partial charge in [-0.25, -0.2) is 0 Å². The van der Waals surface area contributed by atoms with Crippen LogP contribution in [-0.4, -0.2) is 22.7 Å². The molecule has 1 unspecified atom stereocenters. The Morgan fingerprint density at radius 2 is 2.24 bits per heavy atom. The molecule has 0 amide bonds. The molecule has 94 valence electrons. The number of hydrogen-bond donors (Lipinski definition) is 1. The fourth-order valence-electron chi connectivity index (χ4n) is 2.05. The van der Waals surface area contributed by atoms with Crippen LogP contribution in [0.25, 0.3) is 0 Å². The smallest absolute Gasteiger partial charge is 0.128 e.